The Balaban J connectivity index is 2.83. The summed E-state index contributed by atoms with van der Waals surface area (Å²) in [4.78, 5) is 38.8. The Hall–Kier alpha value is -2.11. The Kier molecular flexibility index (Phi) is 5.10. The molecule has 0 aromatic carbocycles. The minimum Gasteiger partial charge on any atom is -0.465 e. The van der Waals surface area contributed by atoms with Crippen LogP contribution in [0.15, 0.2) is 23.3 Å². The Morgan fingerprint density at radius 3 is 2.67 bits per heavy atom. The third kappa shape index (κ3) is 3.44. The number of aromatic amines is 1. The van der Waals surface area contributed by atoms with Crippen molar-refractivity contribution in [1.29, 1.82) is 0 Å². The maximum atomic E-state index is 12.0. The number of nitrogens with one attached hydrogen (secondary N) is 1. The molecule has 1 amide bonds. The van der Waals surface area contributed by atoms with E-state index in [1.165, 1.54) is 23.4 Å². The number of nitrogens with zero attached hydrogens (tertiary/aromatic N) is 1. The highest BCUT2D eigenvalue weighted by atomic mass is 16.5. The molecular weight excluding hydrogens is 236 g/mol. The molecule has 1 rings (SSSR count). The van der Waals surface area contributed by atoms with E-state index in [-0.39, 0.29) is 24.1 Å². The number of esters is 1. The van der Waals surface area contributed by atoms with Crippen LogP contribution in [-0.4, -0.2) is 41.5 Å². The molecular formula is C12H16N2O4. The summed E-state index contributed by atoms with van der Waals surface area (Å²) in [6.07, 6.45) is 2.78. The van der Waals surface area contributed by atoms with Crippen molar-refractivity contribution in [2.75, 3.05) is 19.7 Å². The lowest BCUT2D eigenvalue weighted by Crippen LogP contribution is -2.38. The number of ether oxygens (including phenoxy) is 1. The zero-order chi connectivity index (χ0) is 13.5. The van der Waals surface area contributed by atoms with Crippen molar-refractivity contribution in [3.8, 4) is 0 Å². The van der Waals surface area contributed by atoms with E-state index in [1.54, 1.807) is 13.8 Å². The summed E-state index contributed by atoms with van der Waals surface area (Å²) in [6.45, 7) is 3.85. The summed E-state index contributed by atoms with van der Waals surface area (Å²) in [7, 11) is 0. The van der Waals surface area contributed by atoms with Gasteiger partial charge in [0.05, 0.1) is 6.61 Å². The van der Waals surface area contributed by atoms with Crippen LogP contribution < -0.4 is 5.43 Å². The molecule has 0 radical (unpaired) electrons. The minimum absolute atomic E-state index is 0.0173. The minimum atomic E-state index is -0.486. The number of rotatable bonds is 5. The number of carbonyl (C=O) groups excluding carboxylic acids is 2. The number of hydrogen-bond donors (Lipinski definition) is 1. The first kappa shape index (κ1) is 14.0. The molecule has 0 fully saturated rings. The quantitative estimate of drug-likeness (QED) is 0.769. The number of pyridine rings is 1. The standard InChI is InChI=1S/C12H16N2O4/c1-3-14(8-11(16)18-4-2)12(17)9-7-13-6-5-10(9)15/h5-7H,3-4,8H2,1-2H3,(H,13,15). The highest BCUT2D eigenvalue weighted by Crippen LogP contribution is 1.99. The molecule has 0 saturated carbocycles. The summed E-state index contributed by atoms with van der Waals surface area (Å²) in [5.74, 6) is -0.965. The van der Waals surface area contributed by atoms with Gasteiger partial charge >= 0.3 is 5.97 Å². The molecule has 0 aliphatic carbocycles. The lowest BCUT2D eigenvalue weighted by atomic mass is 10.2. The van der Waals surface area contributed by atoms with E-state index in [4.69, 9.17) is 4.74 Å². The Morgan fingerprint density at radius 2 is 2.11 bits per heavy atom. The van der Waals surface area contributed by atoms with Gasteiger partial charge in [-0.3, -0.25) is 14.4 Å². The first-order valence-corrected chi connectivity index (χ1v) is 5.72. The number of H-pyrrole nitrogens is 1. The van der Waals surface area contributed by atoms with Gasteiger partial charge in [-0.15, -0.1) is 0 Å². The Bertz CT molecular complexity index is 481. The molecule has 0 aliphatic rings. The molecule has 1 aromatic heterocycles. The predicted octanol–water partition coefficient (Wildman–Crippen LogP) is 0.400. The molecule has 0 aliphatic heterocycles. The first-order chi connectivity index (χ1) is 8.60. The molecule has 1 heterocycles. The highest BCUT2D eigenvalue weighted by Gasteiger charge is 2.19. The van der Waals surface area contributed by atoms with Crippen LogP contribution in [0.1, 0.15) is 24.2 Å². The number of carbonyl (C=O) groups is 2. The fraction of sp³-hybridized carbons (Fsp3) is 0.417. The van der Waals surface area contributed by atoms with Crippen molar-refractivity contribution in [3.05, 3.63) is 34.2 Å². The molecule has 0 unspecified atom stereocenters. The fourth-order valence-corrected chi connectivity index (χ4v) is 1.44. The van der Waals surface area contributed by atoms with Gasteiger partial charge in [-0.2, -0.15) is 0 Å². The van der Waals surface area contributed by atoms with Gasteiger partial charge < -0.3 is 14.6 Å². The first-order valence-electron chi connectivity index (χ1n) is 5.72. The van der Waals surface area contributed by atoms with Crippen LogP contribution in [0.3, 0.4) is 0 Å². The summed E-state index contributed by atoms with van der Waals surface area (Å²) < 4.78 is 4.77. The average Bonchev–Trinajstić information content (AvgIpc) is 2.36. The second-order valence-corrected chi connectivity index (χ2v) is 3.55. The lowest BCUT2D eigenvalue weighted by molar-refractivity contribution is -0.143. The SMILES string of the molecule is CCOC(=O)CN(CC)C(=O)c1c[nH]ccc1=O. The number of likely N-dealkylation sites (N-methyl/N-ethyl adjacent to an activating group) is 1. The Morgan fingerprint density at radius 1 is 1.39 bits per heavy atom. The van der Waals surface area contributed by atoms with E-state index < -0.39 is 11.9 Å². The van der Waals surface area contributed by atoms with Crippen molar-refractivity contribution < 1.29 is 14.3 Å². The van der Waals surface area contributed by atoms with Gasteiger partial charge in [-0.1, -0.05) is 0 Å². The zero-order valence-electron chi connectivity index (χ0n) is 10.4. The van der Waals surface area contributed by atoms with E-state index in [1.807, 2.05) is 0 Å². The van der Waals surface area contributed by atoms with Crippen LogP contribution in [0.5, 0.6) is 0 Å². The summed E-state index contributed by atoms with van der Waals surface area (Å²) in [5.41, 5.74) is -0.357. The molecule has 1 aromatic rings. The van der Waals surface area contributed by atoms with Crippen molar-refractivity contribution >= 4 is 11.9 Å². The van der Waals surface area contributed by atoms with Gasteiger partial charge in [-0.25, -0.2) is 0 Å². The topological polar surface area (TPSA) is 79.5 Å². The largest absolute Gasteiger partial charge is 0.465 e. The molecule has 6 heteroatoms. The van der Waals surface area contributed by atoms with Gasteiger partial charge in [0.2, 0.25) is 0 Å². The normalized spacial score (nSPS) is 9.89. The number of hydrogen-bond acceptors (Lipinski definition) is 4. The lowest BCUT2D eigenvalue weighted by Gasteiger charge is -2.19. The van der Waals surface area contributed by atoms with Gasteiger partial charge in [-0.05, 0) is 13.8 Å². The van der Waals surface area contributed by atoms with E-state index in [0.717, 1.165) is 0 Å². The van der Waals surface area contributed by atoms with Crippen LogP contribution in [0.4, 0.5) is 0 Å². The van der Waals surface area contributed by atoms with Crippen LogP contribution in [0.25, 0.3) is 0 Å². The van der Waals surface area contributed by atoms with E-state index in [0.29, 0.717) is 6.54 Å². The van der Waals surface area contributed by atoms with Crippen LogP contribution in [0, 0.1) is 0 Å². The second-order valence-electron chi connectivity index (χ2n) is 3.55. The van der Waals surface area contributed by atoms with E-state index in [9.17, 15) is 14.4 Å². The highest BCUT2D eigenvalue weighted by molar-refractivity contribution is 5.95. The van der Waals surface area contributed by atoms with Crippen LogP contribution in [0.2, 0.25) is 0 Å². The van der Waals surface area contributed by atoms with E-state index >= 15 is 0 Å². The van der Waals surface area contributed by atoms with Crippen LogP contribution >= 0.6 is 0 Å². The fourth-order valence-electron chi connectivity index (χ4n) is 1.44. The number of amides is 1. The molecule has 98 valence electrons. The molecule has 6 nitrogen and oxygen atoms in total. The zero-order valence-corrected chi connectivity index (χ0v) is 10.4. The van der Waals surface area contributed by atoms with Crippen LogP contribution in [-0.2, 0) is 9.53 Å². The van der Waals surface area contributed by atoms with Gasteiger partial charge in [0.25, 0.3) is 5.91 Å². The monoisotopic (exact) mass is 252 g/mol. The third-order valence-corrected chi connectivity index (χ3v) is 2.35. The van der Waals surface area contributed by atoms with E-state index in [2.05, 4.69) is 4.98 Å². The van der Waals surface area contributed by atoms with Crippen molar-refractivity contribution in [2.24, 2.45) is 0 Å². The molecule has 18 heavy (non-hydrogen) atoms. The molecule has 0 bridgehead atoms. The van der Waals surface area contributed by atoms with Crippen molar-refractivity contribution in [3.63, 3.8) is 0 Å². The second kappa shape index (κ2) is 6.58. The molecule has 0 atom stereocenters. The third-order valence-electron chi connectivity index (χ3n) is 2.35. The summed E-state index contributed by atoms with van der Waals surface area (Å²) in [5, 5.41) is 0. The summed E-state index contributed by atoms with van der Waals surface area (Å²) >= 11 is 0. The Labute approximate surface area is 105 Å². The average molecular weight is 252 g/mol. The maximum absolute atomic E-state index is 12.0. The molecule has 1 N–H and O–H groups in total. The maximum Gasteiger partial charge on any atom is 0.325 e. The van der Waals surface area contributed by atoms with Crippen molar-refractivity contribution in [2.45, 2.75) is 13.8 Å². The smallest absolute Gasteiger partial charge is 0.325 e. The van der Waals surface area contributed by atoms with Gasteiger partial charge in [0.1, 0.15) is 12.1 Å². The predicted molar refractivity (Wildman–Crippen MR) is 65.3 cm³/mol. The van der Waals surface area contributed by atoms with Gasteiger partial charge in [0, 0.05) is 25.0 Å². The van der Waals surface area contributed by atoms with Crippen molar-refractivity contribution in [1.82, 2.24) is 9.88 Å². The number of aromatic nitrogens is 1. The van der Waals surface area contributed by atoms with Gasteiger partial charge in [0.15, 0.2) is 5.43 Å². The molecule has 0 saturated heterocycles. The molecule has 0 spiro atoms. The summed E-state index contributed by atoms with van der Waals surface area (Å²) in [6, 6.07) is 1.27.